The van der Waals surface area contributed by atoms with Gasteiger partial charge in [-0.05, 0) is 44.5 Å². The van der Waals surface area contributed by atoms with Crippen LogP contribution >= 0.6 is 0 Å². The predicted molar refractivity (Wildman–Crippen MR) is 90.9 cm³/mol. The minimum Gasteiger partial charge on any atom is -0.486 e. The molecule has 23 heavy (non-hydrogen) atoms. The van der Waals surface area contributed by atoms with Gasteiger partial charge in [-0.25, -0.2) is 0 Å². The van der Waals surface area contributed by atoms with Gasteiger partial charge in [0.2, 0.25) is 5.91 Å². The average Bonchev–Trinajstić information content (AvgIpc) is 2.51. The summed E-state index contributed by atoms with van der Waals surface area (Å²) in [5.41, 5.74) is 1.05. The molecular formula is C18H28N2O3. The maximum atomic E-state index is 12.3. The molecule has 2 rings (SSSR count). The van der Waals surface area contributed by atoms with Crippen molar-refractivity contribution in [2.45, 2.75) is 39.8 Å². The maximum absolute atomic E-state index is 12.3. The fourth-order valence-electron chi connectivity index (χ4n) is 2.52. The molecule has 0 saturated carbocycles. The molecule has 5 heteroatoms. The Morgan fingerprint density at radius 1 is 1.17 bits per heavy atom. The van der Waals surface area contributed by atoms with Crippen LogP contribution in [-0.2, 0) is 4.79 Å². The summed E-state index contributed by atoms with van der Waals surface area (Å²) in [5, 5.41) is 3.15. The molecular weight excluding hydrogens is 292 g/mol. The van der Waals surface area contributed by atoms with E-state index < -0.39 is 0 Å². The van der Waals surface area contributed by atoms with Crippen molar-refractivity contribution in [3.8, 4) is 11.5 Å². The first-order valence-electron chi connectivity index (χ1n) is 8.27. The van der Waals surface area contributed by atoms with E-state index in [0.29, 0.717) is 25.8 Å². The van der Waals surface area contributed by atoms with Gasteiger partial charge in [0.05, 0.1) is 12.6 Å². The van der Waals surface area contributed by atoms with Gasteiger partial charge in [0.1, 0.15) is 13.2 Å². The molecule has 1 unspecified atom stereocenters. The number of hydrogen-bond donors (Lipinski definition) is 1. The topological polar surface area (TPSA) is 50.8 Å². The Morgan fingerprint density at radius 3 is 2.43 bits per heavy atom. The van der Waals surface area contributed by atoms with E-state index in [4.69, 9.17) is 9.47 Å². The number of hydrogen-bond acceptors (Lipinski definition) is 4. The highest BCUT2D eigenvalue weighted by Gasteiger charge is 2.22. The Bertz CT molecular complexity index is 543. The van der Waals surface area contributed by atoms with Crippen LogP contribution in [0.25, 0.3) is 0 Å². The van der Waals surface area contributed by atoms with Crippen LogP contribution in [0.5, 0.6) is 11.5 Å². The van der Waals surface area contributed by atoms with Gasteiger partial charge < -0.3 is 14.8 Å². The van der Waals surface area contributed by atoms with E-state index in [0.717, 1.165) is 17.1 Å². The fraction of sp³-hybridized carbons (Fsp3) is 0.611. The molecule has 1 aliphatic heterocycles. The molecule has 1 aliphatic rings. The van der Waals surface area contributed by atoms with Crippen LogP contribution in [0.15, 0.2) is 18.2 Å². The number of fused-ring (bicyclic) bond motifs is 1. The molecule has 0 aliphatic carbocycles. The van der Waals surface area contributed by atoms with E-state index in [9.17, 15) is 4.79 Å². The van der Waals surface area contributed by atoms with Crippen molar-refractivity contribution in [3.05, 3.63) is 23.8 Å². The summed E-state index contributed by atoms with van der Waals surface area (Å²) in [6, 6.07) is 6.20. The Labute approximate surface area is 139 Å². The molecule has 1 aromatic rings. The van der Waals surface area contributed by atoms with E-state index in [1.807, 2.05) is 30.1 Å². The van der Waals surface area contributed by atoms with Gasteiger partial charge in [-0.3, -0.25) is 9.69 Å². The Balaban J connectivity index is 2.11. The summed E-state index contributed by atoms with van der Waals surface area (Å²) >= 11 is 0. The zero-order valence-corrected chi connectivity index (χ0v) is 14.8. The minimum atomic E-state index is -0.0427. The normalized spacial score (nSPS) is 15.1. The minimum absolute atomic E-state index is 0.0368. The van der Waals surface area contributed by atoms with Gasteiger partial charge in [0.15, 0.2) is 11.5 Å². The second-order valence-corrected chi connectivity index (χ2v) is 6.70. The lowest BCUT2D eigenvalue weighted by molar-refractivity contribution is -0.123. The lowest BCUT2D eigenvalue weighted by Gasteiger charge is -2.27. The number of likely N-dealkylation sites (N-methyl/N-ethyl adjacent to an activating group) is 1. The molecule has 1 heterocycles. The van der Waals surface area contributed by atoms with E-state index >= 15 is 0 Å². The van der Waals surface area contributed by atoms with Gasteiger partial charge in [-0.15, -0.1) is 0 Å². The van der Waals surface area contributed by atoms with Crippen LogP contribution in [0.2, 0.25) is 0 Å². The number of nitrogens with one attached hydrogen (secondary N) is 1. The molecule has 1 amide bonds. The van der Waals surface area contributed by atoms with Crippen molar-refractivity contribution < 1.29 is 14.3 Å². The van der Waals surface area contributed by atoms with Crippen LogP contribution in [-0.4, -0.2) is 43.7 Å². The highest BCUT2D eigenvalue weighted by Crippen LogP contribution is 2.34. The highest BCUT2D eigenvalue weighted by molar-refractivity contribution is 5.78. The van der Waals surface area contributed by atoms with Crippen molar-refractivity contribution >= 4 is 5.91 Å². The van der Waals surface area contributed by atoms with Gasteiger partial charge in [0, 0.05) is 6.04 Å². The number of ether oxygens (including phenoxy) is 2. The summed E-state index contributed by atoms with van der Waals surface area (Å²) < 4.78 is 11.2. The van der Waals surface area contributed by atoms with Crippen molar-refractivity contribution in [1.29, 1.82) is 0 Å². The number of nitrogens with zero attached hydrogens (tertiary/aromatic N) is 1. The number of benzene rings is 1. The first kappa shape index (κ1) is 17.6. The Hall–Kier alpha value is -1.75. The quantitative estimate of drug-likeness (QED) is 0.875. The number of amides is 1. The largest absolute Gasteiger partial charge is 0.486 e. The van der Waals surface area contributed by atoms with Crippen LogP contribution < -0.4 is 14.8 Å². The number of rotatable bonds is 6. The van der Waals surface area contributed by atoms with E-state index in [-0.39, 0.29) is 17.9 Å². The molecule has 0 radical (unpaired) electrons. The summed E-state index contributed by atoms with van der Waals surface area (Å²) in [6.45, 7) is 9.90. The van der Waals surface area contributed by atoms with Crippen molar-refractivity contribution in [3.63, 3.8) is 0 Å². The summed E-state index contributed by atoms with van der Waals surface area (Å²) in [4.78, 5) is 14.4. The number of carbonyl (C=O) groups is 1. The van der Waals surface area contributed by atoms with E-state index in [1.54, 1.807) is 0 Å². The molecule has 1 aromatic carbocycles. The lowest BCUT2D eigenvalue weighted by atomic mass is 9.95. The smallest absolute Gasteiger partial charge is 0.234 e. The van der Waals surface area contributed by atoms with E-state index in [2.05, 4.69) is 33.0 Å². The Morgan fingerprint density at radius 2 is 1.83 bits per heavy atom. The second-order valence-electron chi connectivity index (χ2n) is 6.70. The molecule has 0 bridgehead atoms. The number of carbonyl (C=O) groups excluding carboxylic acids is 1. The molecule has 0 spiro atoms. The highest BCUT2D eigenvalue weighted by atomic mass is 16.6. The SMILES string of the molecule is CC(C)C(NC(=O)CN(C)C(C)C)c1ccc2c(c1)OCCO2. The zero-order chi connectivity index (χ0) is 17.0. The lowest BCUT2D eigenvalue weighted by Crippen LogP contribution is -2.41. The van der Waals surface area contributed by atoms with Crippen molar-refractivity contribution in [2.75, 3.05) is 26.8 Å². The maximum Gasteiger partial charge on any atom is 0.234 e. The third kappa shape index (κ3) is 4.61. The van der Waals surface area contributed by atoms with Crippen LogP contribution in [0.1, 0.15) is 39.3 Å². The molecule has 1 atom stereocenters. The predicted octanol–water partition coefficient (Wildman–Crippen LogP) is 2.61. The van der Waals surface area contributed by atoms with Crippen LogP contribution in [0.4, 0.5) is 0 Å². The average molecular weight is 320 g/mol. The van der Waals surface area contributed by atoms with Gasteiger partial charge in [-0.2, -0.15) is 0 Å². The molecule has 0 saturated heterocycles. The molecule has 5 nitrogen and oxygen atoms in total. The van der Waals surface area contributed by atoms with Crippen molar-refractivity contribution in [1.82, 2.24) is 10.2 Å². The summed E-state index contributed by atoms with van der Waals surface area (Å²) in [7, 11) is 1.96. The molecule has 128 valence electrons. The first-order chi connectivity index (χ1) is 10.9. The van der Waals surface area contributed by atoms with Crippen molar-refractivity contribution in [2.24, 2.45) is 5.92 Å². The van der Waals surface area contributed by atoms with E-state index in [1.165, 1.54) is 0 Å². The molecule has 1 N–H and O–H groups in total. The van der Waals surface area contributed by atoms with Gasteiger partial charge in [0.25, 0.3) is 0 Å². The zero-order valence-electron chi connectivity index (χ0n) is 14.8. The van der Waals surface area contributed by atoms with Crippen LogP contribution in [0, 0.1) is 5.92 Å². The Kier molecular flexibility index (Phi) is 5.88. The second kappa shape index (κ2) is 7.68. The van der Waals surface area contributed by atoms with Gasteiger partial charge >= 0.3 is 0 Å². The third-order valence-corrected chi connectivity index (χ3v) is 4.18. The fourth-order valence-corrected chi connectivity index (χ4v) is 2.52. The first-order valence-corrected chi connectivity index (χ1v) is 8.27. The summed E-state index contributed by atoms with van der Waals surface area (Å²) in [5.74, 6) is 1.85. The molecule has 0 aromatic heterocycles. The molecule has 0 fully saturated rings. The monoisotopic (exact) mass is 320 g/mol. The van der Waals surface area contributed by atoms with Gasteiger partial charge in [-0.1, -0.05) is 19.9 Å². The van der Waals surface area contributed by atoms with Crippen LogP contribution in [0.3, 0.4) is 0 Å². The standard InChI is InChI=1S/C18H28N2O3/c1-12(2)18(19-17(21)11-20(5)13(3)4)14-6-7-15-16(10-14)23-9-8-22-15/h6-7,10,12-13,18H,8-9,11H2,1-5H3,(H,19,21). The summed E-state index contributed by atoms with van der Waals surface area (Å²) in [6.07, 6.45) is 0. The third-order valence-electron chi connectivity index (χ3n) is 4.18.